The molecule has 0 N–H and O–H groups in total. The first kappa shape index (κ1) is 28.0. The summed E-state index contributed by atoms with van der Waals surface area (Å²) in [6.07, 6.45) is 0. The molecule has 0 amide bonds. The second-order valence-corrected chi connectivity index (χ2v) is 13.0. The molecule has 11 rings (SSSR count). The van der Waals surface area contributed by atoms with Crippen LogP contribution in [0.2, 0.25) is 0 Å². The highest BCUT2D eigenvalue weighted by Crippen LogP contribution is 2.47. The predicted molar refractivity (Wildman–Crippen MR) is 208 cm³/mol. The molecule has 0 unspecified atom stereocenters. The van der Waals surface area contributed by atoms with E-state index in [2.05, 4.69) is 109 Å². The first-order valence-electron chi connectivity index (χ1n) is 17.1. The van der Waals surface area contributed by atoms with Gasteiger partial charge >= 0.3 is 0 Å². The van der Waals surface area contributed by atoms with Crippen molar-refractivity contribution in [3.63, 3.8) is 0 Å². The highest BCUT2D eigenvalue weighted by molar-refractivity contribution is 6.33. The number of rotatable bonds is 4. The molecular formula is C47H27NO3. The summed E-state index contributed by atoms with van der Waals surface area (Å²) >= 11 is 0. The summed E-state index contributed by atoms with van der Waals surface area (Å²) in [6, 6.07) is 56.5. The number of furan rings is 3. The molecule has 0 atom stereocenters. The number of para-hydroxylation sites is 2. The van der Waals surface area contributed by atoms with Gasteiger partial charge in [0, 0.05) is 38.1 Å². The van der Waals surface area contributed by atoms with Gasteiger partial charge in [-0.2, -0.15) is 0 Å². The Morgan fingerprint density at radius 2 is 0.843 bits per heavy atom. The van der Waals surface area contributed by atoms with Crippen LogP contribution in [-0.2, 0) is 0 Å². The minimum absolute atomic E-state index is 0.776. The smallest absolute Gasteiger partial charge is 0.147 e. The van der Waals surface area contributed by atoms with Gasteiger partial charge in [0.15, 0.2) is 0 Å². The van der Waals surface area contributed by atoms with E-state index >= 15 is 0 Å². The summed E-state index contributed by atoms with van der Waals surface area (Å²) in [5, 5.41) is 6.21. The van der Waals surface area contributed by atoms with Crippen LogP contribution in [0.3, 0.4) is 0 Å². The van der Waals surface area contributed by atoms with Crippen molar-refractivity contribution < 1.29 is 13.3 Å². The second kappa shape index (κ2) is 10.8. The quantitative estimate of drug-likeness (QED) is 0.190. The van der Waals surface area contributed by atoms with Crippen LogP contribution < -0.4 is 0 Å². The fourth-order valence-corrected chi connectivity index (χ4v) is 7.72. The van der Waals surface area contributed by atoms with E-state index in [1.807, 2.05) is 54.6 Å². The Hall–Kier alpha value is -6.91. The fourth-order valence-electron chi connectivity index (χ4n) is 7.72. The van der Waals surface area contributed by atoms with Crippen LogP contribution in [0.4, 0.5) is 0 Å². The summed E-state index contributed by atoms with van der Waals surface area (Å²) < 4.78 is 19.6. The molecule has 4 heterocycles. The number of hydrogen-bond acceptors (Lipinski definition) is 4. The van der Waals surface area contributed by atoms with E-state index in [1.54, 1.807) is 0 Å². The molecule has 11 aromatic rings. The lowest BCUT2D eigenvalue weighted by Crippen LogP contribution is -1.91. The Kier molecular flexibility index (Phi) is 5.92. The predicted octanol–water partition coefficient (Wildman–Crippen LogP) is 13.4. The van der Waals surface area contributed by atoms with Gasteiger partial charge in [0.25, 0.3) is 0 Å². The summed E-state index contributed by atoms with van der Waals surface area (Å²) in [4.78, 5) is 5.15. The van der Waals surface area contributed by atoms with Gasteiger partial charge in [-0.15, -0.1) is 0 Å². The summed E-state index contributed by atoms with van der Waals surface area (Å²) in [7, 11) is 0. The number of fused-ring (bicyclic) bond motifs is 11. The molecule has 0 saturated heterocycles. The fraction of sp³-hybridized carbons (Fsp3) is 0. The van der Waals surface area contributed by atoms with Crippen LogP contribution in [0.1, 0.15) is 0 Å². The molecule has 0 aliphatic rings. The molecule has 0 radical (unpaired) electrons. The van der Waals surface area contributed by atoms with E-state index < -0.39 is 0 Å². The molecule has 51 heavy (non-hydrogen) atoms. The van der Waals surface area contributed by atoms with Crippen molar-refractivity contribution in [1.29, 1.82) is 0 Å². The Labute approximate surface area is 291 Å². The largest absolute Gasteiger partial charge is 0.456 e. The van der Waals surface area contributed by atoms with Crippen LogP contribution in [0.5, 0.6) is 0 Å². The Morgan fingerprint density at radius 1 is 0.314 bits per heavy atom. The third-order valence-electron chi connectivity index (χ3n) is 10.1. The maximum atomic E-state index is 6.73. The topological polar surface area (TPSA) is 52.3 Å². The van der Waals surface area contributed by atoms with Crippen molar-refractivity contribution >= 4 is 65.8 Å². The van der Waals surface area contributed by atoms with Crippen LogP contribution >= 0.6 is 0 Å². The lowest BCUT2D eigenvalue weighted by molar-refractivity contribution is 0.660. The van der Waals surface area contributed by atoms with E-state index in [0.717, 1.165) is 111 Å². The summed E-state index contributed by atoms with van der Waals surface area (Å²) in [5.41, 5.74) is 13.3. The van der Waals surface area contributed by atoms with Crippen LogP contribution in [0.25, 0.3) is 111 Å². The molecule has 4 aromatic heterocycles. The second-order valence-electron chi connectivity index (χ2n) is 13.0. The van der Waals surface area contributed by atoms with Gasteiger partial charge < -0.3 is 13.3 Å². The lowest BCUT2D eigenvalue weighted by Gasteiger charge is -2.11. The number of pyridine rings is 1. The summed E-state index contributed by atoms with van der Waals surface area (Å²) in [6.45, 7) is 0. The van der Waals surface area contributed by atoms with E-state index in [-0.39, 0.29) is 0 Å². The normalized spacial score (nSPS) is 11.9. The van der Waals surface area contributed by atoms with Gasteiger partial charge in [-0.3, -0.25) is 0 Å². The van der Waals surface area contributed by atoms with Gasteiger partial charge in [0.1, 0.15) is 33.5 Å². The third kappa shape index (κ3) is 4.30. The van der Waals surface area contributed by atoms with Gasteiger partial charge in [-0.05, 0) is 64.7 Å². The average molecular weight is 654 g/mol. The molecule has 0 spiro atoms. The molecule has 0 aliphatic heterocycles. The maximum Gasteiger partial charge on any atom is 0.147 e. The lowest BCUT2D eigenvalue weighted by atomic mass is 9.95. The molecule has 4 heteroatoms. The van der Waals surface area contributed by atoms with E-state index in [1.165, 1.54) is 0 Å². The highest BCUT2D eigenvalue weighted by atomic mass is 16.3. The van der Waals surface area contributed by atoms with Crippen LogP contribution in [0, 0.1) is 0 Å². The zero-order chi connectivity index (χ0) is 33.5. The van der Waals surface area contributed by atoms with Gasteiger partial charge in [-0.1, -0.05) is 121 Å². The van der Waals surface area contributed by atoms with E-state index in [0.29, 0.717) is 0 Å². The molecule has 0 bridgehead atoms. The van der Waals surface area contributed by atoms with E-state index in [9.17, 15) is 0 Å². The monoisotopic (exact) mass is 653 g/mol. The first-order chi connectivity index (χ1) is 25.3. The molecular weight excluding hydrogens is 627 g/mol. The Morgan fingerprint density at radius 3 is 1.55 bits per heavy atom. The SMILES string of the molecule is c1ccc(-c2cc(-c3ccccc3)nc(-c3ccc(-c4cc5oc6ccc7oc8ccccc8c7c6c5c5oc6ccccc6c45)cc3)c2)cc1. The van der Waals surface area contributed by atoms with Crippen molar-refractivity contribution in [3.05, 3.63) is 164 Å². The van der Waals surface area contributed by atoms with Gasteiger partial charge in [0.2, 0.25) is 0 Å². The van der Waals surface area contributed by atoms with Gasteiger partial charge in [0.05, 0.1) is 16.8 Å². The zero-order valence-electron chi connectivity index (χ0n) is 27.3. The molecule has 238 valence electrons. The standard InChI is InChI=1S/C47H27NO3/c1-3-11-28(12-4-1)32-25-36(30-13-5-2-6-14-30)48-37(26-32)31-21-19-29(20-22-31)35-27-42-46(47-43(35)33-15-7-10-18-39(33)51-47)45-41(50-42)24-23-40-44(45)34-16-8-9-17-38(34)49-40/h1-27H. The Bertz CT molecular complexity index is 3050. The van der Waals surface area contributed by atoms with E-state index in [4.69, 9.17) is 18.2 Å². The average Bonchev–Trinajstić information content (AvgIpc) is 3.89. The number of nitrogens with zero attached hydrogens (tertiary/aromatic N) is 1. The van der Waals surface area contributed by atoms with Crippen LogP contribution in [-0.4, -0.2) is 4.98 Å². The van der Waals surface area contributed by atoms with Crippen molar-refractivity contribution in [1.82, 2.24) is 4.98 Å². The minimum Gasteiger partial charge on any atom is -0.456 e. The third-order valence-corrected chi connectivity index (χ3v) is 10.1. The maximum absolute atomic E-state index is 6.73. The number of hydrogen-bond donors (Lipinski definition) is 0. The summed E-state index contributed by atoms with van der Waals surface area (Å²) in [5.74, 6) is 0. The molecule has 0 aliphatic carbocycles. The first-order valence-corrected chi connectivity index (χ1v) is 17.1. The number of aromatic nitrogens is 1. The van der Waals surface area contributed by atoms with Crippen molar-refractivity contribution in [2.75, 3.05) is 0 Å². The van der Waals surface area contributed by atoms with Crippen LogP contribution in [0.15, 0.2) is 177 Å². The zero-order valence-corrected chi connectivity index (χ0v) is 27.3. The highest BCUT2D eigenvalue weighted by Gasteiger charge is 2.23. The molecule has 0 saturated carbocycles. The molecule has 7 aromatic carbocycles. The molecule has 0 fully saturated rings. The van der Waals surface area contributed by atoms with Crippen molar-refractivity contribution in [2.24, 2.45) is 0 Å². The van der Waals surface area contributed by atoms with Crippen molar-refractivity contribution in [3.8, 4) is 44.8 Å². The Balaban J connectivity index is 1.12. The van der Waals surface area contributed by atoms with Crippen molar-refractivity contribution in [2.45, 2.75) is 0 Å². The molecule has 4 nitrogen and oxygen atoms in total. The minimum atomic E-state index is 0.776. The number of benzene rings is 7. The van der Waals surface area contributed by atoms with Gasteiger partial charge in [-0.25, -0.2) is 4.98 Å².